The van der Waals surface area contributed by atoms with E-state index in [9.17, 15) is 8.42 Å². The topological polar surface area (TPSA) is 72.6 Å². The molecule has 136 valence electrons. The van der Waals surface area contributed by atoms with Crippen LogP contribution in [-0.2, 0) is 10.0 Å². The van der Waals surface area contributed by atoms with Gasteiger partial charge in [-0.3, -0.25) is 4.90 Å². The summed E-state index contributed by atoms with van der Waals surface area (Å²) in [5.74, 6) is 0.581. The maximum atomic E-state index is 11.2. The van der Waals surface area contributed by atoms with Gasteiger partial charge in [-0.1, -0.05) is 29.3 Å². The number of sulfonamides is 1. The molecular weight excluding hydrogens is 383 g/mol. The molecule has 1 atom stereocenters. The number of hydrogen-bond donors (Lipinski definition) is 1. The lowest BCUT2D eigenvalue weighted by Crippen LogP contribution is -2.27. The van der Waals surface area contributed by atoms with E-state index in [1.165, 1.54) is 12.1 Å². The summed E-state index contributed by atoms with van der Waals surface area (Å²) in [6.45, 7) is 3.16. The van der Waals surface area contributed by atoms with Crippen LogP contribution < -0.4 is 9.88 Å². The van der Waals surface area contributed by atoms with Gasteiger partial charge in [0.05, 0.1) is 4.90 Å². The highest BCUT2D eigenvalue weighted by molar-refractivity contribution is 7.89. The summed E-state index contributed by atoms with van der Waals surface area (Å²) in [4.78, 5) is 2.16. The Bertz CT molecular complexity index is 826. The lowest BCUT2D eigenvalue weighted by atomic mass is 10.1. The second-order valence-electron chi connectivity index (χ2n) is 5.69. The van der Waals surface area contributed by atoms with Crippen LogP contribution in [0.2, 0.25) is 10.0 Å². The number of likely N-dealkylation sites (N-methyl/N-ethyl adjacent to an activating group) is 1. The molecule has 0 spiro atoms. The molecule has 2 aromatic rings. The first kappa shape index (κ1) is 20.0. The molecule has 0 saturated heterocycles. The zero-order valence-corrected chi connectivity index (χ0v) is 16.3. The molecule has 8 heteroatoms. The van der Waals surface area contributed by atoms with Gasteiger partial charge >= 0.3 is 0 Å². The van der Waals surface area contributed by atoms with Crippen LogP contribution in [0.4, 0.5) is 0 Å². The molecule has 0 radical (unpaired) electrons. The fourth-order valence-electron chi connectivity index (χ4n) is 2.30. The Hall–Kier alpha value is -1.31. The van der Waals surface area contributed by atoms with E-state index in [2.05, 4.69) is 11.8 Å². The molecule has 0 aliphatic carbocycles. The fraction of sp³-hybridized carbons (Fsp3) is 0.294. The van der Waals surface area contributed by atoms with Crippen molar-refractivity contribution in [3.63, 3.8) is 0 Å². The molecular formula is C17H20Cl2N2O3S. The highest BCUT2D eigenvalue weighted by atomic mass is 35.5. The predicted octanol–water partition coefficient (Wildman–Crippen LogP) is 3.71. The van der Waals surface area contributed by atoms with Gasteiger partial charge in [0.1, 0.15) is 12.4 Å². The highest BCUT2D eigenvalue weighted by Gasteiger charge is 2.15. The Kier molecular flexibility index (Phi) is 6.71. The zero-order valence-electron chi connectivity index (χ0n) is 13.9. The molecule has 0 amide bonds. The molecule has 5 nitrogen and oxygen atoms in total. The summed E-state index contributed by atoms with van der Waals surface area (Å²) in [6, 6.07) is 11.6. The SMILES string of the molecule is C[C@@H](c1ccc(Cl)cc1Cl)N(C)CCOc1ccc(S(N)(=O)=O)cc1. The van der Waals surface area contributed by atoms with Crippen molar-refractivity contribution >= 4 is 33.2 Å². The average molecular weight is 403 g/mol. The fourth-order valence-corrected chi connectivity index (χ4v) is 3.39. The van der Waals surface area contributed by atoms with Crippen molar-refractivity contribution in [2.45, 2.75) is 17.9 Å². The van der Waals surface area contributed by atoms with Crippen LogP contribution in [0.5, 0.6) is 5.75 Å². The minimum absolute atomic E-state index is 0.0583. The smallest absolute Gasteiger partial charge is 0.238 e. The maximum absolute atomic E-state index is 11.2. The third-order valence-electron chi connectivity index (χ3n) is 3.94. The van der Waals surface area contributed by atoms with Crippen molar-refractivity contribution < 1.29 is 13.2 Å². The number of hydrogen-bond acceptors (Lipinski definition) is 4. The lowest BCUT2D eigenvalue weighted by Gasteiger charge is -2.25. The van der Waals surface area contributed by atoms with Gasteiger partial charge in [-0.25, -0.2) is 13.6 Å². The van der Waals surface area contributed by atoms with Crippen LogP contribution in [0.1, 0.15) is 18.5 Å². The second kappa shape index (κ2) is 8.38. The molecule has 0 heterocycles. The molecule has 25 heavy (non-hydrogen) atoms. The summed E-state index contributed by atoms with van der Waals surface area (Å²) in [7, 11) is -1.71. The van der Waals surface area contributed by atoms with Gasteiger partial charge in [0.15, 0.2) is 0 Å². The number of ether oxygens (including phenoxy) is 1. The van der Waals surface area contributed by atoms with E-state index in [-0.39, 0.29) is 10.9 Å². The largest absolute Gasteiger partial charge is 0.492 e. The van der Waals surface area contributed by atoms with E-state index in [0.29, 0.717) is 28.9 Å². The first-order valence-corrected chi connectivity index (χ1v) is 9.89. The lowest BCUT2D eigenvalue weighted by molar-refractivity contribution is 0.201. The minimum atomic E-state index is -3.69. The normalized spacial score (nSPS) is 13.0. The summed E-state index contributed by atoms with van der Waals surface area (Å²) >= 11 is 12.2. The molecule has 0 unspecified atom stereocenters. The molecule has 2 aromatic carbocycles. The first-order chi connectivity index (χ1) is 11.7. The molecule has 0 fully saturated rings. The van der Waals surface area contributed by atoms with E-state index in [1.807, 2.05) is 19.2 Å². The first-order valence-electron chi connectivity index (χ1n) is 7.59. The number of nitrogens with zero attached hydrogens (tertiary/aromatic N) is 1. The molecule has 0 aliphatic rings. The van der Waals surface area contributed by atoms with Gasteiger partial charge in [-0.2, -0.15) is 0 Å². The number of nitrogens with two attached hydrogens (primary N) is 1. The average Bonchev–Trinajstić information content (AvgIpc) is 2.54. The van der Waals surface area contributed by atoms with Crippen LogP contribution in [-0.4, -0.2) is 33.5 Å². The quantitative estimate of drug-likeness (QED) is 0.765. The van der Waals surface area contributed by atoms with Gasteiger partial charge < -0.3 is 4.74 Å². The van der Waals surface area contributed by atoms with E-state index >= 15 is 0 Å². The molecule has 2 N–H and O–H groups in total. The zero-order chi connectivity index (χ0) is 18.6. The van der Waals surface area contributed by atoms with Gasteiger partial charge in [-0.05, 0) is 55.9 Å². The number of halogens is 2. The summed E-state index contributed by atoms with van der Waals surface area (Å²) in [5.41, 5.74) is 0.992. The Morgan fingerprint density at radius 3 is 2.36 bits per heavy atom. The maximum Gasteiger partial charge on any atom is 0.238 e. The molecule has 0 aliphatic heterocycles. The molecule has 0 aromatic heterocycles. The summed E-state index contributed by atoms with van der Waals surface area (Å²) in [5, 5.41) is 6.30. The van der Waals surface area contributed by atoms with Crippen molar-refractivity contribution in [3.8, 4) is 5.75 Å². The third kappa shape index (κ3) is 5.59. The number of rotatable bonds is 7. The molecule has 2 rings (SSSR count). The number of benzene rings is 2. The van der Waals surface area contributed by atoms with Gasteiger partial charge in [0, 0.05) is 22.6 Å². The van der Waals surface area contributed by atoms with Gasteiger partial charge in [0.2, 0.25) is 10.0 Å². The van der Waals surface area contributed by atoms with Gasteiger partial charge in [-0.15, -0.1) is 0 Å². The Morgan fingerprint density at radius 2 is 1.80 bits per heavy atom. The summed E-state index contributed by atoms with van der Waals surface area (Å²) < 4.78 is 28.1. The van der Waals surface area contributed by atoms with E-state index in [1.54, 1.807) is 18.2 Å². The van der Waals surface area contributed by atoms with Crippen molar-refractivity contribution in [3.05, 3.63) is 58.1 Å². The predicted molar refractivity (Wildman–Crippen MR) is 101 cm³/mol. The Balaban J connectivity index is 1.90. The second-order valence-corrected chi connectivity index (χ2v) is 8.09. The van der Waals surface area contributed by atoms with E-state index < -0.39 is 10.0 Å². The van der Waals surface area contributed by atoms with E-state index in [4.69, 9.17) is 33.1 Å². The van der Waals surface area contributed by atoms with Crippen molar-refractivity contribution in [2.24, 2.45) is 5.14 Å². The highest BCUT2D eigenvalue weighted by Crippen LogP contribution is 2.28. The monoisotopic (exact) mass is 402 g/mol. The molecule has 0 bridgehead atoms. The van der Waals surface area contributed by atoms with Crippen LogP contribution in [0.25, 0.3) is 0 Å². The Morgan fingerprint density at radius 1 is 1.16 bits per heavy atom. The van der Waals surface area contributed by atoms with Crippen LogP contribution in [0.3, 0.4) is 0 Å². The minimum Gasteiger partial charge on any atom is -0.492 e. The van der Waals surface area contributed by atoms with Crippen molar-refractivity contribution in [2.75, 3.05) is 20.2 Å². The van der Waals surface area contributed by atoms with Crippen molar-refractivity contribution in [1.82, 2.24) is 4.90 Å². The van der Waals surface area contributed by atoms with Crippen molar-refractivity contribution in [1.29, 1.82) is 0 Å². The standard InChI is InChI=1S/C17H20Cl2N2O3S/c1-12(16-8-3-13(18)11-17(16)19)21(2)9-10-24-14-4-6-15(7-5-14)25(20,22)23/h3-8,11-12H,9-10H2,1-2H3,(H2,20,22,23)/t12-/m0/s1. The number of primary sulfonamides is 1. The van der Waals surface area contributed by atoms with E-state index in [0.717, 1.165) is 5.56 Å². The third-order valence-corrected chi connectivity index (χ3v) is 5.43. The van der Waals surface area contributed by atoms with Gasteiger partial charge in [0.25, 0.3) is 0 Å². The van der Waals surface area contributed by atoms with Crippen LogP contribution in [0.15, 0.2) is 47.4 Å². The Labute approximate surface area is 158 Å². The van der Waals surface area contributed by atoms with Crippen LogP contribution in [0, 0.1) is 0 Å². The molecule has 0 saturated carbocycles. The van der Waals surface area contributed by atoms with Crippen LogP contribution >= 0.6 is 23.2 Å². The summed E-state index contributed by atoms with van der Waals surface area (Å²) in [6.07, 6.45) is 0.